The lowest BCUT2D eigenvalue weighted by atomic mass is 10.1. The first-order chi connectivity index (χ1) is 7.15. The highest BCUT2D eigenvalue weighted by Crippen LogP contribution is 2.20. The number of carbonyl (C=O) groups excluding carboxylic acids is 1. The van der Waals surface area contributed by atoms with Gasteiger partial charge in [0, 0.05) is 18.1 Å². The average molecular weight is 207 g/mol. The van der Waals surface area contributed by atoms with Gasteiger partial charge in [0.1, 0.15) is 6.29 Å². The van der Waals surface area contributed by atoms with Crippen molar-refractivity contribution in [2.75, 3.05) is 0 Å². The Labute approximate surface area is 88.1 Å². The molecule has 0 aromatic heterocycles. The van der Waals surface area contributed by atoms with E-state index in [9.17, 15) is 14.9 Å². The van der Waals surface area contributed by atoms with E-state index >= 15 is 0 Å². The molecule has 4 nitrogen and oxygen atoms in total. The van der Waals surface area contributed by atoms with Crippen LogP contribution in [0.15, 0.2) is 18.2 Å². The third-order valence-corrected chi connectivity index (χ3v) is 2.26. The minimum Gasteiger partial charge on any atom is -0.303 e. The predicted octanol–water partition coefficient (Wildman–Crippen LogP) is 2.42. The van der Waals surface area contributed by atoms with Gasteiger partial charge in [-0.25, -0.2) is 0 Å². The van der Waals surface area contributed by atoms with E-state index in [2.05, 4.69) is 0 Å². The highest BCUT2D eigenvalue weighted by atomic mass is 16.6. The molecule has 0 saturated carbocycles. The Balaban J connectivity index is 2.78. The van der Waals surface area contributed by atoms with E-state index in [-0.39, 0.29) is 10.6 Å². The highest BCUT2D eigenvalue weighted by Gasteiger charge is 2.10. The second-order valence-corrected chi connectivity index (χ2v) is 3.44. The SMILES string of the molecule is Cc1ccc(CCCC=O)cc1[N+](=O)[O-]. The van der Waals surface area contributed by atoms with Crippen LogP contribution in [-0.2, 0) is 11.2 Å². The van der Waals surface area contributed by atoms with Gasteiger partial charge in [0.15, 0.2) is 0 Å². The Morgan fingerprint density at radius 1 is 1.47 bits per heavy atom. The first kappa shape index (κ1) is 11.4. The molecular weight excluding hydrogens is 194 g/mol. The largest absolute Gasteiger partial charge is 0.303 e. The second-order valence-electron chi connectivity index (χ2n) is 3.44. The molecular formula is C11H13NO3. The molecule has 0 N–H and O–H groups in total. The molecule has 0 amide bonds. The summed E-state index contributed by atoms with van der Waals surface area (Å²) in [5, 5.41) is 10.7. The van der Waals surface area contributed by atoms with Crippen LogP contribution in [0.5, 0.6) is 0 Å². The zero-order chi connectivity index (χ0) is 11.3. The van der Waals surface area contributed by atoms with Gasteiger partial charge in [0.2, 0.25) is 0 Å². The molecule has 0 heterocycles. The standard InChI is InChI=1S/C11H13NO3/c1-9-5-6-10(4-2-3-7-13)8-11(9)12(14)15/h5-8H,2-4H2,1H3. The van der Waals surface area contributed by atoms with Crippen LogP contribution >= 0.6 is 0 Å². The van der Waals surface area contributed by atoms with E-state index in [4.69, 9.17) is 0 Å². The predicted molar refractivity (Wildman–Crippen MR) is 56.8 cm³/mol. The zero-order valence-electron chi connectivity index (χ0n) is 8.60. The molecule has 0 atom stereocenters. The van der Waals surface area contributed by atoms with Crippen molar-refractivity contribution in [2.24, 2.45) is 0 Å². The van der Waals surface area contributed by atoms with Crippen molar-refractivity contribution in [2.45, 2.75) is 26.2 Å². The number of unbranched alkanes of at least 4 members (excludes halogenated alkanes) is 1. The average Bonchev–Trinajstić information content (AvgIpc) is 2.20. The number of carbonyl (C=O) groups is 1. The quantitative estimate of drug-likeness (QED) is 0.322. The Morgan fingerprint density at radius 2 is 2.20 bits per heavy atom. The van der Waals surface area contributed by atoms with Crippen molar-refractivity contribution in [3.8, 4) is 0 Å². The molecule has 0 aliphatic heterocycles. The molecule has 1 aromatic rings. The fraction of sp³-hybridized carbons (Fsp3) is 0.364. The number of nitro benzene ring substituents is 1. The fourth-order valence-electron chi connectivity index (χ4n) is 1.40. The van der Waals surface area contributed by atoms with E-state index in [0.29, 0.717) is 18.4 Å². The lowest BCUT2D eigenvalue weighted by molar-refractivity contribution is -0.385. The van der Waals surface area contributed by atoms with Crippen LogP contribution in [0.25, 0.3) is 0 Å². The molecule has 15 heavy (non-hydrogen) atoms. The van der Waals surface area contributed by atoms with Crippen molar-refractivity contribution in [1.29, 1.82) is 0 Å². The van der Waals surface area contributed by atoms with Gasteiger partial charge in [0.25, 0.3) is 5.69 Å². The maximum Gasteiger partial charge on any atom is 0.272 e. The van der Waals surface area contributed by atoms with Crippen LogP contribution in [0, 0.1) is 17.0 Å². The van der Waals surface area contributed by atoms with Crippen molar-refractivity contribution < 1.29 is 9.72 Å². The summed E-state index contributed by atoms with van der Waals surface area (Å²) in [6, 6.07) is 5.20. The Bertz CT molecular complexity index is 374. The van der Waals surface area contributed by atoms with E-state index in [1.807, 2.05) is 6.07 Å². The summed E-state index contributed by atoms with van der Waals surface area (Å²) in [6.45, 7) is 1.72. The molecule has 0 spiro atoms. The summed E-state index contributed by atoms with van der Waals surface area (Å²) in [5.41, 5.74) is 1.73. The van der Waals surface area contributed by atoms with Crippen molar-refractivity contribution in [3.63, 3.8) is 0 Å². The van der Waals surface area contributed by atoms with Gasteiger partial charge in [0.05, 0.1) is 4.92 Å². The molecule has 0 aliphatic carbocycles. The lowest BCUT2D eigenvalue weighted by Gasteiger charge is -2.01. The van der Waals surface area contributed by atoms with E-state index < -0.39 is 0 Å². The topological polar surface area (TPSA) is 60.2 Å². The number of rotatable bonds is 5. The first-order valence-electron chi connectivity index (χ1n) is 4.82. The van der Waals surface area contributed by atoms with Crippen LogP contribution in [-0.4, -0.2) is 11.2 Å². The fourth-order valence-corrected chi connectivity index (χ4v) is 1.40. The minimum atomic E-state index is -0.376. The maximum absolute atomic E-state index is 10.7. The minimum absolute atomic E-state index is 0.151. The first-order valence-corrected chi connectivity index (χ1v) is 4.82. The summed E-state index contributed by atoms with van der Waals surface area (Å²) in [5.74, 6) is 0. The number of hydrogen-bond donors (Lipinski definition) is 0. The third-order valence-electron chi connectivity index (χ3n) is 2.26. The summed E-state index contributed by atoms with van der Waals surface area (Å²) < 4.78 is 0. The Morgan fingerprint density at radius 3 is 2.80 bits per heavy atom. The van der Waals surface area contributed by atoms with Gasteiger partial charge < -0.3 is 4.79 Å². The molecule has 0 aliphatic rings. The summed E-state index contributed by atoms with van der Waals surface area (Å²) in [4.78, 5) is 20.4. The van der Waals surface area contributed by atoms with Crippen LogP contribution < -0.4 is 0 Å². The molecule has 0 unspecified atom stereocenters. The zero-order valence-corrected chi connectivity index (χ0v) is 8.60. The summed E-state index contributed by atoms with van der Waals surface area (Å²) >= 11 is 0. The number of aldehydes is 1. The van der Waals surface area contributed by atoms with E-state index in [1.54, 1.807) is 19.1 Å². The van der Waals surface area contributed by atoms with Crippen LogP contribution in [0.3, 0.4) is 0 Å². The van der Waals surface area contributed by atoms with Crippen molar-refractivity contribution in [1.82, 2.24) is 0 Å². The third kappa shape index (κ3) is 3.16. The number of nitro groups is 1. The van der Waals surface area contributed by atoms with Crippen molar-refractivity contribution in [3.05, 3.63) is 39.4 Å². The summed E-state index contributed by atoms with van der Waals surface area (Å²) in [6.07, 6.45) is 2.81. The highest BCUT2D eigenvalue weighted by molar-refractivity contribution is 5.49. The van der Waals surface area contributed by atoms with E-state index in [0.717, 1.165) is 18.3 Å². The monoisotopic (exact) mass is 207 g/mol. The second kappa shape index (κ2) is 5.24. The van der Waals surface area contributed by atoms with Gasteiger partial charge in [-0.3, -0.25) is 10.1 Å². The molecule has 1 aromatic carbocycles. The molecule has 1 rings (SSSR count). The summed E-state index contributed by atoms with van der Waals surface area (Å²) in [7, 11) is 0. The lowest BCUT2D eigenvalue weighted by Crippen LogP contribution is -1.94. The molecule has 4 heteroatoms. The van der Waals surface area contributed by atoms with Gasteiger partial charge in [-0.15, -0.1) is 0 Å². The smallest absolute Gasteiger partial charge is 0.272 e. The normalized spacial score (nSPS) is 9.93. The van der Waals surface area contributed by atoms with Gasteiger partial charge in [-0.2, -0.15) is 0 Å². The van der Waals surface area contributed by atoms with Gasteiger partial charge in [-0.1, -0.05) is 12.1 Å². The molecule has 0 saturated heterocycles. The van der Waals surface area contributed by atoms with Crippen molar-refractivity contribution >= 4 is 12.0 Å². The number of benzene rings is 1. The van der Waals surface area contributed by atoms with Gasteiger partial charge >= 0.3 is 0 Å². The Kier molecular flexibility index (Phi) is 3.97. The molecule has 80 valence electrons. The molecule has 0 radical (unpaired) electrons. The molecule has 0 bridgehead atoms. The van der Waals surface area contributed by atoms with Gasteiger partial charge in [-0.05, 0) is 25.3 Å². The van der Waals surface area contributed by atoms with E-state index in [1.165, 1.54) is 0 Å². The maximum atomic E-state index is 10.7. The van der Waals surface area contributed by atoms with Crippen LogP contribution in [0.2, 0.25) is 0 Å². The van der Waals surface area contributed by atoms with Crippen LogP contribution in [0.4, 0.5) is 5.69 Å². The van der Waals surface area contributed by atoms with Crippen LogP contribution in [0.1, 0.15) is 24.0 Å². The number of aryl methyl sites for hydroxylation is 2. The number of nitrogens with zero attached hydrogens (tertiary/aromatic N) is 1. The molecule has 0 fully saturated rings. The number of hydrogen-bond acceptors (Lipinski definition) is 3. The Hall–Kier alpha value is -1.71.